The lowest BCUT2D eigenvalue weighted by molar-refractivity contribution is -0.123. The van der Waals surface area contributed by atoms with Crippen LogP contribution < -0.4 is 10.6 Å². The third kappa shape index (κ3) is 3.83. The van der Waals surface area contributed by atoms with Gasteiger partial charge >= 0.3 is 0 Å². The molecule has 0 saturated carbocycles. The molecule has 0 aliphatic rings. The van der Waals surface area contributed by atoms with Crippen LogP contribution in [0.3, 0.4) is 0 Å². The number of amides is 1. The first kappa shape index (κ1) is 15.5. The zero-order chi connectivity index (χ0) is 15.4. The van der Waals surface area contributed by atoms with Crippen LogP contribution in [0.4, 0.5) is 0 Å². The molecule has 2 aromatic rings. The van der Waals surface area contributed by atoms with E-state index >= 15 is 0 Å². The Kier molecular flexibility index (Phi) is 4.98. The van der Waals surface area contributed by atoms with Crippen molar-refractivity contribution in [1.82, 2.24) is 20.4 Å². The average Bonchev–Trinajstić information content (AvgIpc) is 2.86. The van der Waals surface area contributed by atoms with Gasteiger partial charge in [-0.15, -0.1) is 0 Å². The Hall–Kier alpha value is -1.85. The molecule has 2 unspecified atom stereocenters. The average molecular weight is 307 g/mol. The second kappa shape index (κ2) is 6.74. The van der Waals surface area contributed by atoms with Gasteiger partial charge in [-0.05, 0) is 31.7 Å². The smallest absolute Gasteiger partial charge is 0.242 e. The van der Waals surface area contributed by atoms with E-state index in [1.807, 2.05) is 44.4 Å². The van der Waals surface area contributed by atoms with E-state index in [1.54, 1.807) is 17.9 Å². The Morgan fingerprint density at radius 3 is 2.48 bits per heavy atom. The molecule has 0 fully saturated rings. The van der Waals surface area contributed by atoms with Gasteiger partial charge < -0.3 is 10.6 Å². The number of aryl methyl sites for hydroxylation is 1. The molecule has 1 heterocycles. The van der Waals surface area contributed by atoms with Crippen LogP contribution in [-0.2, 0) is 11.8 Å². The van der Waals surface area contributed by atoms with Gasteiger partial charge in [0.05, 0.1) is 12.2 Å². The van der Waals surface area contributed by atoms with Gasteiger partial charge in [0.25, 0.3) is 0 Å². The van der Waals surface area contributed by atoms with Crippen LogP contribution in [0.25, 0.3) is 0 Å². The first-order valence-electron chi connectivity index (χ1n) is 6.73. The van der Waals surface area contributed by atoms with Crippen LogP contribution in [0.2, 0.25) is 5.02 Å². The summed E-state index contributed by atoms with van der Waals surface area (Å²) in [6.45, 7) is 1.94. The molecule has 0 radical (unpaired) electrons. The summed E-state index contributed by atoms with van der Waals surface area (Å²) in [6.07, 6.45) is 3.52. The summed E-state index contributed by atoms with van der Waals surface area (Å²) >= 11 is 5.87. The summed E-state index contributed by atoms with van der Waals surface area (Å²) in [7, 11) is 3.58. The maximum Gasteiger partial charge on any atom is 0.242 e. The fourth-order valence-electron chi connectivity index (χ4n) is 2.17. The van der Waals surface area contributed by atoms with E-state index in [1.165, 1.54) is 0 Å². The molecule has 2 rings (SSSR count). The van der Waals surface area contributed by atoms with Crippen molar-refractivity contribution in [3.63, 3.8) is 0 Å². The highest BCUT2D eigenvalue weighted by Gasteiger charge is 2.21. The molecule has 0 bridgehead atoms. The standard InChI is InChI=1S/C15H19ClN4O/c1-10(11-4-6-13(16)7-5-11)19-15(21)14(17-2)12-8-18-20(3)9-12/h4-10,14,17H,1-3H3,(H,19,21). The van der Waals surface area contributed by atoms with Crippen molar-refractivity contribution in [3.8, 4) is 0 Å². The summed E-state index contributed by atoms with van der Waals surface area (Å²) in [5.74, 6) is -0.0899. The highest BCUT2D eigenvalue weighted by atomic mass is 35.5. The molecule has 0 spiro atoms. The van der Waals surface area contributed by atoms with Crippen molar-refractivity contribution >= 4 is 17.5 Å². The quantitative estimate of drug-likeness (QED) is 0.890. The van der Waals surface area contributed by atoms with E-state index < -0.39 is 6.04 Å². The van der Waals surface area contributed by atoms with Crippen LogP contribution in [-0.4, -0.2) is 22.7 Å². The fraction of sp³-hybridized carbons (Fsp3) is 0.333. The number of rotatable bonds is 5. The van der Waals surface area contributed by atoms with Gasteiger partial charge in [-0.1, -0.05) is 23.7 Å². The lowest BCUT2D eigenvalue weighted by Gasteiger charge is -2.19. The maximum atomic E-state index is 12.4. The molecule has 0 saturated heterocycles. The molecule has 21 heavy (non-hydrogen) atoms. The summed E-state index contributed by atoms with van der Waals surface area (Å²) in [5, 5.41) is 10.8. The van der Waals surface area contributed by atoms with E-state index in [0.717, 1.165) is 11.1 Å². The molecule has 6 heteroatoms. The predicted octanol–water partition coefficient (Wildman–Crippen LogP) is 2.21. The highest BCUT2D eigenvalue weighted by Crippen LogP contribution is 2.18. The zero-order valence-electron chi connectivity index (χ0n) is 12.3. The second-order valence-electron chi connectivity index (χ2n) is 4.95. The van der Waals surface area contributed by atoms with Crippen LogP contribution in [0.15, 0.2) is 36.7 Å². The first-order chi connectivity index (χ1) is 10.0. The van der Waals surface area contributed by atoms with E-state index in [2.05, 4.69) is 15.7 Å². The van der Waals surface area contributed by atoms with E-state index in [-0.39, 0.29) is 11.9 Å². The highest BCUT2D eigenvalue weighted by molar-refractivity contribution is 6.30. The van der Waals surface area contributed by atoms with E-state index in [4.69, 9.17) is 11.6 Å². The number of aromatic nitrogens is 2. The minimum absolute atomic E-state index is 0.0899. The maximum absolute atomic E-state index is 12.4. The summed E-state index contributed by atoms with van der Waals surface area (Å²) in [5.41, 5.74) is 1.84. The minimum Gasteiger partial charge on any atom is -0.348 e. The van der Waals surface area contributed by atoms with Crippen LogP contribution in [0.1, 0.15) is 30.1 Å². The largest absolute Gasteiger partial charge is 0.348 e. The first-order valence-corrected chi connectivity index (χ1v) is 7.10. The van der Waals surface area contributed by atoms with Crippen LogP contribution in [0.5, 0.6) is 0 Å². The third-order valence-electron chi connectivity index (χ3n) is 3.34. The number of nitrogens with zero attached hydrogens (tertiary/aromatic N) is 2. The number of nitrogens with one attached hydrogen (secondary N) is 2. The van der Waals surface area contributed by atoms with Gasteiger partial charge in [0, 0.05) is 23.8 Å². The van der Waals surface area contributed by atoms with Crippen molar-refractivity contribution < 1.29 is 4.79 Å². The summed E-state index contributed by atoms with van der Waals surface area (Å²) in [6, 6.07) is 6.93. The molecule has 112 valence electrons. The Morgan fingerprint density at radius 1 is 1.29 bits per heavy atom. The lowest BCUT2D eigenvalue weighted by Crippen LogP contribution is -2.37. The van der Waals surface area contributed by atoms with Gasteiger partial charge in [0.1, 0.15) is 6.04 Å². The second-order valence-corrected chi connectivity index (χ2v) is 5.39. The summed E-state index contributed by atoms with van der Waals surface area (Å²) < 4.78 is 1.68. The van der Waals surface area contributed by atoms with Gasteiger partial charge in [-0.25, -0.2) is 0 Å². The van der Waals surface area contributed by atoms with Gasteiger partial charge in [0.2, 0.25) is 5.91 Å². The van der Waals surface area contributed by atoms with Crippen LogP contribution in [0, 0.1) is 0 Å². The predicted molar refractivity (Wildman–Crippen MR) is 83.0 cm³/mol. The van der Waals surface area contributed by atoms with Crippen molar-refractivity contribution in [2.75, 3.05) is 7.05 Å². The number of likely N-dealkylation sites (N-methyl/N-ethyl adjacent to an activating group) is 1. The SMILES string of the molecule is CNC(C(=O)NC(C)c1ccc(Cl)cc1)c1cnn(C)c1. The van der Waals surface area contributed by atoms with Gasteiger partial charge in [0.15, 0.2) is 0 Å². The molecule has 1 amide bonds. The monoisotopic (exact) mass is 306 g/mol. The Morgan fingerprint density at radius 2 is 1.95 bits per heavy atom. The molecule has 2 N–H and O–H groups in total. The number of carbonyl (C=O) groups excluding carboxylic acids is 1. The summed E-state index contributed by atoms with van der Waals surface area (Å²) in [4.78, 5) is 12.4. The van der Waals surface area contributed by atoms with Gasteiger partial charge in [-0.2, -0.15) is 5.10 Å². The topological polar surface area (TPSA) is 59.0 Å². The fourth-order valence-corrected chi connectivity index (χ4v) is 2.30. The molecule has 1 aromatic carbocycles. The molecule has 0 aliphatic carbocycles. The third-order valence-corrected chi connectivity index (χ3v) is 3.59. The van der Waals surface area contributed by atoms with Crippen molar-refractivity contribution in [2.45, 2.75) is 19.0 Å². The number of hydrogen-bond donors (Lipinski definition) is 2. The normalized spacial score (nSPS) is 13.7. The molecular formula is C15H19ClN4O. The van der Waals surface area contributed by atoms with Crippen molar-refractivity contribution in [1.29, 1.82) is 0 Å². The van der Waals surface area contributed by atoms with Crippen molar-refractivity contribution in [2.24, 2.45) is 7.05 Å². The van der Waals surface area contributed by atoms with Crippen LogP contribution >= 0.6 is 11.6 Å². The number of halogens is 1. The number of carbonyl (C=O) groups is 1. The Bertz CT molecular complexity index is 608. The molecule has 5 nitrogen and oxygen atoms in total. The molecule has 2 atom stereocenters. The number of benzene rings is 1. The number of hydrogen-bond acceptors (Lipinski definition) is 3. The van der Waals surface area contributed by atoms with E-state index in [0.29, 0.717) is 5.02 Å². The van der Waals surface area contributed by atoms with Gasteiger partial charge in [-0.3, -0.25) is 9.48 Å². The Labute approximate surface area is 129 Å². The Balaban J connectivity index is 2.07. The minimum atomic E-state index is -0.423. The lowest BCUT2D eigenvalue weighted by atomic mass is 10.1. The molecular weight excluding hydrogens is 288 g/mol. The molecule has 1 aromatic heterocycles. The zero-order valence-corrected chi connectivity index (χ0v) is 13.1. The molecule has 0 aliphatic heterocycles. The van der Waals surface area contributed by atoms with Crippen molar-refractivity contribution in [3.05, 3.63) is 52.8 Å². The van der Waals surface area contributed by atoms with E-state index in [9.17, 15) is 4.79 Å².